The summed E-state index contributed by atoms with van der Waals surface area (Å²) in [4.78, 5) is 10.3. The van der Waals surface area contributed by atoms with Gasteiger partial charge >= 0.3 is 5.97 Å². The predicted molar refractivity (Wildman–Crippen MR) is 54.3 cm³/mol. The van der Waals surface area contributed by atoms with Crippen LogP contribution in [0.2, 0.25) is 0 Å². The highest BCUT2D eigenvalue weighted by molar-refractivity contribution is 5.71. The zero-order valence-electron chi connectivity index (χ0n) is 7.93. The average Bonchev–Trinajstić information content (AvgIpc) is 2.18. The normalized spacial score (nSPS) is 10.4. The quantitative estimate of drug-likeness (QED) is 0.795. The van der Waals surface area contributed by atoms with Crippen molar-refractivity contribution in [2.45, 2.75) is 6.42 Å². The van der Waals surface area contributed by atoms with Crippen molar-refractivity contribution >= 4 is 12.0 Å². The summed E-state index contributed by atoms with van der Waals surface area (Å²) < 4.78 is 5.10. The van der Waals surface area contributed by atoms with Gasteiger partial charge in [-0.1, -0.05) is 30.4 Å². The average molecular weight is 192 g/mol. The second-order valence-corrected chi connectivity index (χ2v) is 2.74. The molecule has 0 fully saturated rings. The molecule has 1 N–H and O–H groups in total. The van der Waals surface area contributed by atoms with Crippen molar-refractivity contribution in [2.24, 2.45) is 0 Å². The second kappa shape index (κ2) is 5.07. The minimum atomic E-state index is -0.837. The summed E-state index contributed by atoms with van der Waals surface area (Å²) in [5.74, 6) is -0.0923. The molecule has 0 spiro atoms. The number of methoxy groups -OCH3 is 1. The number of hydrogen-bond donors (Lipinski definition) is 1. The summed E-state index contributed by atoms with van der Waals surface area (Å²) in [5, 5.41) is 8.44. The maximum atomic E-state index is 10.3. The van der Waals surface area contributed by atoms with Gasteiger partial charge in [-0.25, -0.2) is 0 Å². The van der Waals surface area contributed by atoms with E-state index < -0.39 is 5.97 Å². The largest absolute Gasteiger partial charge is 0.496 e. The SMILES string of the molecule is COc1ccccc1/C=C/CC(=O)O. The lowest BCUT2D eigenvalue weighted by Crippen LogP contribution is -1.90. The molecule has 0 aliphatic heterocycles. The molecule has 0 amide bonds. The Morgan fingerprint density at radius 2 is 2.21 bits per heavy atom. The second-order valence-electron chi connectivity index (χ2n) is 2.74. The molecule has 0 heterocycles. The lowest BCUT2D eigenvalue weighted by molar-refractivity contribution is -0.135. The number of aliphatic carboxylic acids is 1. The Kier molecular flexibility index (Phi) is 3.73. The minimum Gasteiger partial charge on any atom is -0.496 e. The smallest absolute Gasteiger partial charge is 0.307 e. The highest BCUT2D eigenvalue weighted by Gasteiger charge is 1.96. The van der Waals surface area contributed by atoms with Gasteiger partial charge in [0.2, 0.25) is 0 Å². The van der Waals surface area contributed by atoms with Crippen LogP contribution in [-0.4, -0.2) is 18.2 Å². The number of carbonyl (C=O) groups is 1. The van der Waals surface area contributed by atoms with Crippen LogP contribution in [0.3, 0.4) is 0 Å². The van der Waals surface area contributed by atoms with Crippen LogP contribution in [0.5, 0.6) is 5.75 Å². The predicted octanol–water partition coefficient (Wildman–Crippen LogP) is 2.18. The van der Waals surface area contributed by atoms with Crippen LogP contribution in [0.1, 0.15) is 12.0 Å². The van der Waals surface area contributed by atoms with Gasteiger partial charge in [0.1, 0.15) is 5.75 Å². The zero-order valence-corrected chi connectivity index (χ0v) is 7.93. The molecule has 0 saturated heterocycles. The molecule has 0 aromatic heterocycles. The summed E-state index contributed by atoms with van der Waals surface area (Å²) in [6.45, 7) is 0. The van der Waals surface area contributed by atoms with Gasteiger partial charge in [0, 0.05) is 5.56 Å². The van der Waals surface area contributed by atoms with Crippen LogP contribution in [0.25, 0.3) is 6.08 Å². The number of carboxylic acid groups (broad SMARTS) is 1. The monoisotopic (exact) mass is 192 g/mol. The topological polar surface area (TPSA) is 46.5 Å². The molecule has 0 saturated carbocycles. The molecule has 1 aromatic rings. The van der Waals surface area contributed by atoms with E-state index in [4.69, 9.17) is 9.84 Å². The third-order valence-electron chi connectivity index (χ3n) is 1.73. The van der Waals surface area contributed by atoms with Gasteiger partial charge in [0.15, 0.2) is 0 Å². The fraction of sp³-hybridized carbons (Fsp3) is 0.182. The van der Waals surface area contributed by atoms with Crippen molar-refractivity contribution in [1.29, 1.82) is 0 Å². The van der Waals surface area contributed by atoms with Gasteiger partial charge < -0.3 is 9.84 Å². The Labute approximate surface area is 82.6 Å². The van der Waals surface area contributed by atoms with E-state index in [1.54, 1.807) is 19.3 Å². The fourth-order valence-corrected chi connectivity index (χ4v) is 1.09. The zero-order chi connectivity index (χ0) is 10.4. The van der Waals surface area contributed by atoms with Crippen molar-refractivity contribution in [1.82, 2.24) is 0 Å². The van der Waals surface area contributed by atoms with Crippen LogP contribution in [0.15, 0.2) is 30.3 Å². The van der Waals surface area contributed by atoms with Crippen molar-refractivity contribution in [3.05, 3.63) is 35.9 Å². The van der Waals surface area contributed by atoms with E-state index in [2.05, 4.69) is 0 Å². The van der Waals surface area contributed by atoms with E-state index in [9.17, 15) is 4.79 Å². The van der Waals surface area contributed by atoms with Crippen LogP contribution < -0.4 is 4.74 Å². The molecule has 0 atom stereocenters. The molecule has 0 aliphatic rings. The summed E-state index contributed by atoms with van der Waals surface area (Å²) in [6.07, 6.45) is 3.37. The standard InChI is InChI=1S/C11H12O3/c1-14-10-7-3-2-5-9(10)6-4-8-11(12)13/h2-7H,8H2,1H3,(H,12,13)/b6-4+. The summed E-state index contributed by atoms with van der Waals surface area (Å²) in [7, 11) is 1.59. The van der Waals surface area contributed by atoms with E-state index in [0.717, 1.165) is 11.3 Å². The van der Waals surface area contributed by atoms with Gasteiger partial charge in [-0.3, -0.25) is 4.79 Å². The van der Waals surface area contributed by atoms with Gasteiger partial charge in [-0.2, -0.15) is 0 Å². The molecular formula is C11H12O3. The number of hydrogen-bond acceptors (Lipinski definition) is 2. The first-order valence-electron chi connectivity index (χ1n) is 4.25. The molecule has 1 rings (SSSR count). The van der Waals surface area contributed by atoms with Crippen LogP contribution in [0.4, 0.5) is 0 Å². The van der Waals surface area contributed by atoms with E-state index in [0.29, 0.717) is 0 Å². The third-order valence-corrected chi connectivity index (χ3v) is 1.73. The molecule has 0 bridgehead atoms. The molecule has 1 aromatic carbocycles. The Morgan fingerprint density at radius 3 is 2.86 bits per heavy atom. The molecular weight excluding hydrogens is 180 g/mol. The van der Waals surface area contributed by atoms with Crippen LogP contribution in [-0.2, 0) is 4.79 Å². The maximum Gasteiger partial charge on any atom is 0.307 e. The van der Waals surface area contributed by atoms with Crippen LogP contribution >= 0.6 is 0 Å². The number of para-hydroxylation sites is 1. The summed E-state index contributed by atoms with van der Waals surface area (Å²) >= 11 is 0. The Hall–Kier alpha value is -1.77. The van der Waals surface area contributed by atoms with E-state index >= 15 is 0 Å². The van der Waals surface area contributed by atoms with Crippen molar-refractivity contribution in [2.75, 3.05) is 7.11 Å². The van der Waals surface area contributed by atoms with E-state index in [1.165, 1.54) is 0 Å². The number of rotatable bonds is 4. The molecule has 3 nitrogen and oxygen atoms in total. The molecule has 74 valence electrons. The van der Waals surface area contributed by atoms with Gasteiger partial charge in [0.05, 0.1) is 13.5 Å². The Balaban J connectivity index is 2.75. The molecule has 14 heavy (non-hydrogen) atoms. The maximum absolute atomic E-state index is 10.3. The number of ether oxygens (including phenoxy) is 1. The first-order chi connectivity index (χ1) is 6.74. The van der Waals surface area contributed by atoms with Crippen molar-refractivity contribution in [3.63, 3.8) is 0 Å². The summed E-state index contributed by atoms with van der Waals surface area (Å²) in [6, 6.07) is 7.45. The first-order valence-corrected chi connectivity index (χ1v) is 4.25. The lowest BCUT2D eigenvalue weighted by atomic mass is 10.2. The van der Waals surface area contributed by atoms with Gasteiger partial charge in [-0.15, -0.1) is 0 Å². The fourth-order valence-electron chi connectivity index (χ4n) is 1.09. The highest BCUT2D eigenvalue weighted by atomic mass is 16.5. The first kappa shape index (κ1) is 10.3. The highest BCUT2D eigenvalue weighted by Crippen LogP contribution is 2.18. The van der Waals surface area contributed by atoms with Crippen LogP contribution in [0, 0.1) is 0 Å². The third kappa shape index (κ3) is 2.94. The Morgan fingerprint density at radius 1 is 1.50 bits per heavy atom. The van der Waals surface area contributed by atoms with Gasteiger partial charge in [0.25, 0.3) is 0 Å². The van der Waals surface area contributed by atoms with E-state index in [1.807, 2.05) is 24.3 Å². The van der Waals surface area contributed by atoms with Crippen molar-refractivity contribution in [3.8, 4) is 5.75 Å². The lowest BCUT2D eigenvalue weighted by Gasteiger charge is -2.02. The molecule has 0 aliphatic carbocycles. The number of benzene rings is 1. The minimum absolute atomic E-state index is 0.0258. The Bertz CT molecular complexity index is 342. The molecule has 3 heteroatoms. The van der Waals surface area contributed by atoms with E-state index in [-0.39, 0.29) is 6.42 Å². The van der Waals surface area contributed by atoms with Crippen molar-refractivity contribution < 1.29 is 14.6 Å². The number of carboxylic acids is 1. The summed E-state index contributed by atoms with van der Waals surface area (Å²) in [5.41, 5.74) is 0.885. The van der Waals surface area contributed by atoms with Gasteiger partial charge in [-0.05, 0) is 6.07 Å². The molecule has 0 radical (unpaired) electrons. The molecule has 0 unspecified atom stereocenters.